The van der Waals surface area contributed by atoms with Crippen molar-refractivity contribution >= 4 is 28.1 Å². The van der Waals surface area contributed by atoms with Gasteiger partial charge < -0.3 is 14.2 Å². The molecule has 3 aromatic rings. The summed E-state index contributed by atoms with van der Waals surface area (Å²) in [6.45, 7) is -2.59. The van der Waals surface area contributed by atoms with Crippen molar-refractivity contribution in [2.24, 2.45) is 0 Å². The number of thiazole rings is 1. The van der Waals surface area contributed by atoms with Gasteiger partial charge in [0.1, 0.15) is 11.3 Å². The Balaban J connectivity index is 1.59. The Bertz CT molecular complexity index is 1200. The molecule has 0 bridgehead atoms. The van der Waals surface area contributed by atoms with Gasteiger partial charge in [-0.2, -0.15) is 8.78 Å². The molecule has 1 aliphatic rings. The number of methoxy groups -OCH3 is 1. The molecule has 0 aliphatic carbocycles. The molecule has 0 radical (unpaired) electrons. The first-order chi connectivity index (χ1) is 15.4. The van der Waals surface area contributed by atoms with E-state index in [4.69, 9.17) is 9.47 Å². The number of nitro groups is 1. The Kier molecular flexibility index (Phi) is 5.86. The molecule has 0 atom stereocenters. The zero-order chi connectivity index (χ0) is 22.8. The van der Waals surface area contributed by atoms with Crippen molar-refractivity contribution in [3.63, 3.8) is 0 Å². The number of amides is 1. The number of halogens is 2. The summed E-state index contributed by atoms with van der Waals surface area (Å²) in [5.41, 5.74) is 1.42. The number of carbonyl (C=O) groups is 1. The lowest BCUT2D eigenvalue weighted by molar-refractivity contribution is -0.385. The van der Waals surface area contributed by atoms with E-state index in [2.05, 4.69) is 15.0 Å². The van der Waals surface area contributed by atoms with Gasteiger partial charge in [-0.25, -0.2) is 4.98 Å². The van der Waals surface area contributed by atoms with E-state index in [0.717, 1.165) is 53.9 Å². The largest absolute Gasteiger partial charge is 0.493 e. The Morgan fingerprint density at radius 3 is 2.84 bits per heavy atom. The second-order valence-electron chi connectivity index (χ2n) is 6.57. The second kappa shape index (κ2) is 8.75. The molecule has 1 aromatic heterocycles. The monoisotopic (exact) mass is 463 g/mol. The van der Waals surface area contributed by atoms with Crippen molar-refractivity contribution in [1.29, 1.82) is 0 Å². The van der Waals surface area contributed by atoms with Crippen LogP contribution in [0, 0.1) is 10.1 Å². The summed E-state index contributed by atoms with van der Waals surface area (Å²) in [5, 5.41) is 15.9. The van der Waals surface area contributed by atoms with Crippen LogP contribution < -0.4 is 19.5 Å². The van der Waals surface area contributed by atoms with E-state index < -0.39 is 28.9 Å². The van der Waals surface area contributed by atoms with Crippen molar-refractivity contribution < 1.29 is 32.7 Å². The van der Waals surface area contributed by atoms with E-state index in [0.29, 0.717) is 12.3 Å². The van der Waals surface area contributed by atoms with Crippen molar-refractivity contribution in [2.75, 3.05) is 19.0 Å². The number of nitrogens with zero attached hydrogens (tertiary/aromatic N) is 2. The normalized spacial score (nSPS) is 12.2. The predicted molar refractivity (Wildman–Crippen MR) is 111 cm³/mol. The second-order valence-corrected chi connectivity index (χ2v) is 7.43. The van der Waals surface area contributed by atoms with Gasteiger partial charge in [-0.15, -0.1) is 11.3 Å². The minimum absolute atomic E-state index is 0.211. The summed E-state index contributed by atoms with van der Waals surface area (Å²) in [5.74, 6) is -0.816. The first-order valence-corrected chi connectivity index (χ1v) is 10.1. The third kappa shape index (κ3) is 4.30. The van der Waals surface area contributed by atoms with Crippen molar-refractivity contribution in [3.8, 4) is 28.5 Å². The van der Waals surface area contributed by atoms with Gasteiger partial charge in [0, 0.05) is 23.4 Å². The lowest BCUT2D eigenvalue weighted by Crippen LogP contribution is -2.15. The fraction of sp³-hybridized carbons (Fsp3) is 0.200. The summed E-state index contributed by atoms with van der Waals surface area (Å²) >= 11 is 1.14. The quantitative estimate of drug-likeness (QED) is 0.405. The number of ether oxygens (including phenoxy) is 3. The Hall–Kier alpha value is -3.80. The highest BCUT2D eigenvalue weighted by atomic mass is 32.1. The molecule has 2 aromatic carbocycles. The maximum Gasteiger partial charge on any atom is 0.387 e. The van der Waals surface area contributed by atoms with Crippen LogP contribution in [-0.4, -0.2) is 36.1 Å². The van der Waals surface area contributed by atoms with E-state index in [-0.39, 0.29) is 16.4 Å². The van der Waals surface area contributed by atoms with Crippen LogP contribution in [0.25, 0.3) is 11.3 Å². The number of carbonyl (C=O) groups excluding carboxylic acids is 1. The van der Waals surface area contributed by atoms with E-state index in [9.17, 15) is 23.7 Å². The molecule has 12 heteroatoms. The fourth-order valence-corrected chi connectivity index (χ4v) is 3.92. The summed E-state index contributed by atoms with van der Waals surface area (Å²) in [7, 11) is 1.16. The topological polar surface area (TPSA) is 113 Å². The van der Waals surface area contributed by atoms with Gasteiger partial charge in [0.05, 0.1) is 30.4 Å². The molecule has 2 heterocycles. The number of anilines is 1. The molecular formula is C20H15F2N3O6S. The zero-order valence-electron chi connectivity index (χ0n) is 16.5. The van der Waals surface area contributed by atoms with Crippen LogP contribution in [0.5, 0.6) is 17.2 Å². The highest BCUT2D eigenvalue weighted by Crippen LogP contribution is 2.37. The van der Waals surface area contributed by atoms with Crippen LogP contribution in [0.2, 0.25) is 0 Å². The van der Waals surface area contributed by atoms with E-state index in [1.807, 2.05) is 18.2 Å². The Morgan fingerprint density at radius 2 is 2.12 bits per heavy atom. The van der Waals surface area contributed by atoms with E-state index in [1.165, 1.54) is 0 Å². The maximum absolute atomic E-state index is 12.7. The molecule has 1 amide bonds. The molecule has 166 valence electrons. The molecular weight excluding hydrogens is 448 g/mol. The Labute approximate surface area is 183 Å². The molecule has 1 N–H and O–H groups in total. The minimum Gasteiger partial charge on any atom is -0.493 e. The van der Waals surface area contributed by atoms with Crippen LogP contribution in [0.1, 0.15) is 15.9 Å². The first kappa shape index (κ1) is 21.4. The number of hydrogen-bond donors (Lipinski definition) is 1. The van der Waals surface area contributed by atoms with Crippen molar-refractivity contribution in [2.45, 2.75) is 13.0 Å². The molecule has 4 rings (SSSR count). The predicted octanol–water partition coefficient (Wildman–Crippen LogP) is 4.52. The maximum atomic E-state index is 12.7. The molecule has 1 aliphatic heterocycles. The van der Waals surface area contributed by atoms with Crippen molar-refractivity contribution in [3.05, 3.63) is 57.0 Å². The number of rotatable bonds is 7. The highest BCUT2D eigenvalue weighted by molar-refractivity contribution is 7.14. The number of fused-ring (bicyclic) bond motifs is 1. The number of aromatic nitrogens is 1. The minimum atomic E-state index is -3.22. The number of hydrogen-bond acceptors (Lipinski definition) is 8. The fourth-order valence-electron chi connectivity index (χ4n) is 3.20. The molecule has 0 spiro atoms. The summed E-state index contributed by atoms with van der Waals surface area (Å²) in [4.78, 5) is 27.6. The van der Waals surface area contributed by atoms with E-state index in [1.54, 1.807) is 5.38 Å². The average Bonchev–Trinajstić information content (AvgIpc) is 3.41. The third-order valence-electron chi connectivity index (χ3n) is 4.65. The molecule has 0 saturated carbocycles. The van der Waals surface area contributed by atoms with E-state index >= 15 is 0 Å². The van der Waals surface area contributed by atoms with Gasteiger partial charge in [-0.1, -0.05) is 0 Å². The zero-order valence-corrected chi connectivity index (χ0v) is 17.3. The molecule has 0 saturated heterocycles. The van der Waals surface area contributed by atoms with Gasteiger partial charge in [0.2, 0.25) is 0 Å². The third-order valence-corrected chi connectivity index (χ3v) is 5.41. The molecule has 32 heavy (non-hydrogen) atoms. The SMILES string of the molecule is COc1cc(C(=O)Nc2nc(-c3ccc4c(c3)CCO4)cs2)c([N+](=O)[O-])cc1OC(F)F. The smallest absolute Gasteiger partial charge is 0.387 e. The van der Waals surface area contributed by atoms with Crippen molar-refractivity contribution in [1.82, 2.24) is 4.98 Å². The van der Waals surface area contributed by atoms with Crippen LogP contribution in [0.3, 0.4) is 0 Å². The van der Waals surface area contributed by atoms with Gasteiger partial charge >= 0.3 is 6.61 Å². The molecule has 9 nitrogen and oxygen atoms in total. The average molecular weight is 463 g/mol. The van der Waals surface area contributed by atoms with Crippen LogP contribution >= 0.6 is 11.3 Å². The molecule has 0 fully saturated rings. The highest BCUT2D eigenvalue weighted by Gasteiger charge is 2.26. The van der Waals surface area contributed by atoms with Gasteiger partial charge in [0.25, 0.3) is 11.6 Å². The Morgan fingerprint density at radius 1 is 1.31 bits per heavy atom. The van der Waals surface area contributed by atoms with Crippen LogP contribution in [0.4, 0.5) is 19.6 Å². The van der Waals surface area contributed by atoms with Gasteiger partial charge in [0.15, 0.2) is 16.6 Å². The number of nitro benzene ring substituents is 1. The summed E-state index contributed by atoms with van der Waals surface area (Å²) in [6, 6.07) is 7.36. The summed E-state index contributed by atoms with van der Waals surface area (Å²) < 4.78 is 39.9. The lowest BCUT2D eigenvalue weighted by Gasteiger charge is -2.11. The molecule has 0 unspecified atom stereocenters. The van der Waals surface area contributed by atoms with Crippen LogP contribution in [0.15, 0.2) is 35.7 Å². The summed E-state index contributed by atoms with van der Waals surface area (Å²) in [6.07, 6.45) is 0.799. The van der Waals surface area contributed by atoms with Crippen LogP contribution in [-0.2, 0) is 6.42 Å². The first-order valence-electron chi connectivity index (χ1n) is 9.20. The number of nitrogens with one attached hydrogen (secondary N) is 1. The lowest BCUT2D eigenvalue weighted by atomic mass is 10.1. The van der Waals surface area contributed by atoms with Gasteiger partial charge in [-0.05, 0) is 23.8 Å². The van der Waals surface area contributed by atoms with Gasteiger partial charge in [-0.3, -0.25) is 20.2 Å². The standard InChI is InChI=1S/C20H15F2N3O6S/c1-29-16-7-12(14(25(27)28)8-17(16)31-19(21)22)18(26)24-20-23-13(9-32-20)10-2-3-15-11(6-10)4-5-30-15/h2-3,6-9,19H,4-5H2,1H3,(H,23,24,26). The number of alkyl halides is 2. The number of benzene rings is 2.